The molecular weight excluding hydrogens is 304 g/mol. The number of hydrogen-bond acceptors (Lipinski definition) is 4. The lowest BCUT2D eigenvalue weighted by Crippen LogP contribution is -2.46. The lowest BCUT2D eigenvalue weighted by Gasteiger charge is -2.31. The second kappa shape index (κ2) is 7.01. The van der Waals surface area contributed by atoms with Gasteiger partial charge in [0.1, 0.15) is 5.76 Å². The summed E-state index contributed by atoms with van der Waals surface area (Å²) in [7, 11) is 1.92. The normalized spacial score (nSPS) is 17.8. The van der Waals surface area contributed by atoms with Gasteiger partial charge in [-0.25, -0.2) is 0 Å². The summed E-state index contributed by atoms with van der Waals surface area (Å²) in [6, 6.07) is 11.1. The van der Waals surface area contributed by atoms with Crippen LogP contribution >= 0.6 is 0 Å². The Morgan fingerprint density at radius 3 is 2.58 bits per heavy atom. The monoisotopic (exact) mass is 326 g/mol. The highest BCUT2D eigenvalue weighted by molar-refractivity contribution is 5.94. The standard InChI is InChI=1S/C19H22N2O3/c1-13(22)14-5-7-15(8-6-14)17-9-10-18(24-17)19(23)21-11-3-4-16(12-21)20-2/h5-10,16,20H,3-4,11-12H2,1-2H3. The van der Waals surface area contributed by atoms with E-state index < -0.39 is 0 Å². The van der Waals surface area contributed by atoms with Gasteiger partial charge in [-0.1, -0.05) is 24.3 Å². The fourth-order valence-electron chi connectivity index (χ4n) is 3.03. The minimum Gasteiger partial charge on any atom is -0.451 e. The van der Waals surface area contributed by atoms with Gasteiger partial charge in [0.15, 0.2) is 11.5 Å². The van der Waals surface area contributed by atoms with Gasteiger partial charge in [-0.15, -0.1) is 0 Å². The Bertz CT molecular complexity index is 733. The maximum Gasteiger partial charge on any atom is 0.289 e. The molecule has 1 N–H and O–H groups in total. The molecule has 1 aromatic heterocycles. The minimum atomic E-state index is -0.0680. The van der Waals surface area contributed by atoms with Crippen LogP contribution in [-0.2, 0) is 0 Å². The Hall–Kier alpha value is -2.40. The van der Waals surface area contributed by atoms with E-state index >= 15 is 0 Å². The van der Waals surface area contributed by atoms with Crippen LogP contribution in [0.25, 0.3) is 11.3 Å². The third-order valence-corrected chi connectivity index (χ3v) is 4.51. The van der Waals surface area contributed by atoms with Crippen molar-refractivity contribution in [2.45, 2.75) is 25.8 Å². The van der Waals surface area contributed by atoms with Gasteiger partial charge < -0.3 is 14.6 Å². The number of nitrogens with one attached hydrogen (secondary N) is 1. The van der Waals surface area contributed by atoms with Crippen LogP contribution in [0.3, 0.4) is 0 Å². The minimum absolute atomic E-state index is 0.0287. The van der Waals surface area contributed by atoms with Crippen molar-refractivity contribution in [3.05, 3.63) is 47.7 Å². The number of likely N-dealkylation sites (N-methyl/N-ethyl adjacent to an activating group) is 1. The van der Waals surface area contributed by atoms with Crippen molar-refractivity contribution in [2.75, 3.05) is 20.1 Å². The number of rotatable bonds is 4. The summed E-state index contributed by atoms with van der Waals surface area (Å²) in [6.45, 7) is 3.01. The van der Waals surface area contributed by atoms with Gasteiger partial charge in [0.05, 0.1) is 0 Å². The molecule has 5 heteroatoms. The van der Waals surface area contributed by atoms with Gasteiger partial charge in [0.2, 0.25) is 0 Å². The zero-order chi connectivity index (χ0) is 17.1. The van der Waals surface area contributed by atoms with Crippen molar-refractivity contribution in [1.29, 1.82) is 0 Å². The van der Waals surface area contributed by atoms with Gasteiger partial charge in [0, 0.05) is 30.3 Å². The third-order valence-electron chi connectivity index (χ3n) is 4.51. The summed E-state index contributed by atoms with van der Waals surface area (Å²) in [4.78, 5) is 25.8. The van der Waals surface area contributed by atoms with Crippen LogP contribution in [0.2, 0.25) is 0 Å². The van der Waals surface area contributed by atoms with Gasteiger partial charge in [-0.05, 0) is 38.9 Å². The number of amides is 1. The molecular formula is C19H22N2O3. The fourth-order valence-corrected chi connectivity index (χ4v) is 3.03. The summed E-state index contributed by atoms with van der Waals surface area (Å²) in [5.74, 6) is 0.954. The largest absolute Gasteiger partial charge is 0.451 e. The molecule has 126 valence electrons. The number of Topliss-reactive ketones (excluding diaryl/α,β-unsaturated/α-hetero) is 1. The Kier molecular flexibility index (Phi) is 4.81. The van der Waals surface area contributed by atoms with Crippen LogP contribution in [0.1, 0.15) is 40.7 Å². The first-order valence-electron chi connectivity index (χ1n) is 8.26. The van der Waals surface area contributed by atoms with E-state index in [0.29, 0.717) is 29.7 Å². The van der Waals surface area contributed by atoms with Crippen LogP contribution in [-0.4, -0.2) is 42.8 Å². The molecule has 3 rings (SSSR count). The zero-order valence-corrected chi connectivity index (χ0v) is 14.0. The molecule has 1 atom stereocenters. The number of carbonyl (C=O) groups is 2. The van der Waals surface area contributed by atoms with Crippen LogP contribution in [0.15, 0.2) is 40.8 Å². The van der Waals surface area contributed by atoms with E-state index in [4.69, 9.17) is 4.42 Å². The second-order valence-electron chi connectivity index (χ2n) is 6.18. The summed E-state index contributed by atoms with van der Waals surface area (Å²) < 4.78 is 5.76. The number of benzene rings is 1. The lowest BCUT2D eigenvalue weighted by atomic mass is 10.1. The van der Waals surface area contributed by atoms with Crippen LogP contribution < -0.4 is 5.32 Å². The topological polar surface area (TPSA) is 62.6 Å². The highest BCUT2D eigenvalue weighted by atomic mass is 16.4. The van der Waals surface area contributed by atoms with Gasteiger partial charge in [0.25, 0.3) is 5.91 Å². The van der Waals surface area contributed by atoms with Gasteiger partial charge in [-0.3, -0.25) is 9.59 Å². The van der Waals surface area contributed by atoms with Crippen LogP contribution in [0.5, 0.6) is 0 Å². The Labute approximate surface area is 141 Å². The molecule has 5 nitrogen and oxygen atoms in total. The Morgan fingerprint density at radius 2 is 1.92 bits per heavy atom. The molecule has 24 heavy (non-hydrogen) atoms. The number of hydrogen-bond donors (Lipinski definition) is 1. The first-order valence-corrected chi connectivity index (χ1v) is 8.26. The van der Waals surface area contributed by atoms with Gasteiger partial charge in [-0.2, -0.15) is 0 Å². The molecule has 0 saturated carbocycles. The molecule has 1 amide bonds. The molecule has 0 aliphatic carbocycles. The smallest absolute Gasteiger partial charge is 0.289 e. The molecule has 0 spiro atoms. The second-order valence-corrected chi connectivity index (χ2v) is 6.18. The number of carbonyl (C=O) groups excluding carboxylic acids is 2. The first-order chi connectivity index (χ1) is 11.6. The molecule has 0 bridgehead atoms. The SMILES string of the molecule is CNC1CCCN(C(=O)c2ccc(-c3ccc(C(C)=O)cc3)o2)C1. The molecule has 2 heterocycles. The lowest BCUT2D eigenvalue weighted by molar-refractivity contribution is 0.0667. The maximum atomic E-state index is 12.6. The molecule has 1 fully saturated rings. The first kappa shape index (κ1) is 16.5. The van der Waals surface area contributed by atoms with Crippen LogP contribution in [0, 0.1) is 0 Å². The molecule has 2 aromatic rings. The van der Waals surface area contributed by atoms with Crippen molar-refractivity contribution >= 4 is 11.7 Å². The third kappa shape index (κ3) is 3.41. The van der Waals surface area contributed by atoms with E-state index in [1.54, 1.807) is 24.3 Å². The van der Waals surface area contributed by atoms with E-state index in [1.165, 1.54) is 6.92 Å². The average Bonchev–Trinajstić information content (AvgIpc) is 3.11. The summed E-state index contributed by atoms with van der Waals surface area (Å²) in [6.07, 6.45) is 2.09. The number of piperidine rings is 1. The quantitative estimate of drug-likeness (QED) is 0.878. The predicted molar refractivity (Wildman–Crippen MR) is 92.1 cm³/mol. The van der Waals surface area contributed by atoms with Crippen molar-refractivity contribution in [3.63, 3.8) is 0 Å². The average molecular weight is 326 g/mol. The number of ketones is 1. The summed E-state index contributed by atoms with van der Waals surface area (Å²) in [5.41, 5.74) is 1.51. The summed E-state index contributed by atoms with van der Waals surface area (Å²) in [5, 5.41) is 3.23. The molecule has 1 unspecified atom stereocenters. The van der Waals surface area contributed by atoms with Crippen molar-refractivity contribution in [2.24, 2.45) is 0 Å². The fraction of sp³-hybridized carbons (Fsp3) is 0.368. The van der Waals surface area contributed by atoms with Crippen molar-refractivity contribution < 1.29 is 14.0 Å². The van der Waals surface area contributed by atoms with Crippen LogP contribution in [0.4, 0.5) is 0 Å². The summed E-state index contributed by atoms with van der Waals surface area (Å²) >= 11 is 0. The number of nitrogens with zero attached hydrogens (tertiary/aromatic N) is 1. The van der Waals surface area contributed by atoms with Crippen molar-refractivity contribution in [3.8, 4) is 11.3 Å². The molecule has 1 aliphatic rings. The van der Waals surface area contributed by atoms with Crippen molar-refractivity contribution in [1.82, 2.24) is 10.2 Å². The van der Waals surface area contributed by atoms with E-state index in [2.05, 4.69) is 5.32 Å². The van der Waals surface area contributed by atoms with E-state index in [0.717, 1.165) is 24.9 Å². The highest BCUT2D eigenvalue weighted by Crippen LogP contribution is 2.24. The molecule has 1 saturated heterocycles. The predicted octanol–water partition coefficient (Wildman–Crippen LogP) is 2.97. The molecule has 1 aliphatic heterocycles. The maximum absolute atomic E-state index is 12.6. The van der Waals surface area contributed by atoms with Gasteiger partial charge >= 0.3 is 0 Å². The number of likely N-dealkylation sites (tertiary alicyclic amines) is 1. The molecule has 1 aromatic carbocycles. The Balaban J connectivity index is 1.75. The Morgan fingerprint density at radius 1 is 1.17 bits per heavy atom. The molecule has 0 radical (unpaired) electrons. The van der Waals surface area contributed by atoms with E-state index in [9.17, 15) is 9.59 Å². The highest BCUT2D eigenvalue weighted by Gasteiger charge is 2.25. The number of furan rings is 1. The van der Waals surface area contributed by atoms with E-state index in [1.807, 2.05) is 24.1 Å². The van der Waals surface area contributed by atoms with E-state index in [-0.39, 0.29) is 11.7 Å². The zero-order valence-electron chi connectivity index (χ0n) is 14.0.